The molecule has 0 spiro atoms. The highest BCUT2D eigenvalue weighted by molar-refractivity contribution is 4.79. The molecule has 0 fully saturated rings. The molecular formula is C16H36N2O. The molecule has 3 heteroatoms. The fraction of sp³-hybridized carbons (Fsp3) is 1.00. The van der Waals surface area contributed by atoms with E-state index in [-0.39, 0.29) is 0 Å². The maximum Gasteiger partial charge on any atom is 0.0593 e. The van der Waals surface area contributed by atoms with Gasteiger partial charge in [-0.05, 0) is 37.8 Å². The predicted octanol–water partition coefficient (Wildman–Crippen LogP) is 3.01. The van der Waals surface area contributed by atoms with Crippen molar-refractivity contribution in [1.82, 2.24) is 10.2 Å². The Morgan fingerprint density at radius 2 is 1.89 bits per heavy atom. The molecule has 1 unspecified atom stereocenters. The van der Waals surface area contributed by atoms with Gasteiger partial charge in [0.05, 0.1) is 6.61 Å². The monoisotopic (exact) mass is 272 g/mol. The van der Waals surface area contributed by atoms with Crippen molar-refractivity contribution in [3.8, 4) is 0 Å². The summed E-state index contributed by atoms with van der Waals surface area (Å²) in [4.78, 5) is 2.51. The molecule has 0 aliphatic carbocycles. The van der Waals surface area contributed by atoms with Crippen molar-refractivity contribution in [2.24, 2.45) is 11.3 Å². The third-order valence-electron chi connectivity index (χ3n) is 3.77. The second-order valence-electron chi connectivity index (χ2n) is 6.25. The molecule has 0 radical (unpaired) electrons. The van der Waals surface area contributed by atoms with Crippen LogP contribution in [0.4, 0.5) is 0 Å². The maximum atomic E-state index is 5.47. The van der Waals surface area contributed by atoms with Gasteiger partial charge in [0.25, 0.3) is 0 Å². The average molecular weight is 272 g/mol. The minimum absolute atomic E-state index is 0.358. The molecule has 0 aromatic heterocycles. The normalized spacial score (nSPS) is 15.2. The molecule has 3 nitrogen and oxygen atoms in total. The van der Waals surface area contributed by atoms with Crippen molar-refractivity contribution in [2.75, 3.05) is 45.9 Å². The number of hydrogen-bond acceptors (Lipinski definition) is 3. The Kier molecular flexibility index (Phi) is 10.6. The third-order valence-corrected chi connectivity index (χ3v) is 3.77. The van der Waals surface area contributed by atoms with Crippen LogP contribution in [0.1, 0.15) is 48.0 Å². The second-order valence-corrected chi connectivity index (χ2v) is 6.25. The van der Waals surface area contributed by atoms with E-state index in [0.717, 1.165) is 51.9 Å². The first-order valence-electron chi connectivity index (χ1n) is 7.98. The highest BCUT2D eigenvalue weighted by Crippen LogP contribution is 2.21. The van der Waals surface area contributed by atoms with Gasteiger partial charge in [0.2, 0.25) is 0 Å². The maximum absolute atomic E-state index is 5.47. The molecule has 0 aliphatic heterocycles. The van der Waals surface area contributed by atoms with Crippen LogP contribution in [0.3, 0.4) is 0 Å². The minimum atomic E-state index is 0.358. The molecule has 0 aromatic carbocycles. The van der Waals surface area contributed by atoms with Crippen LogP contribution in [0.2, 0.25) is 0 Å². The zero-order valence-electron chi connectivity index (χ0n) is 14.1. The largest absolute Gasteiger partial charge is 0.380 e. The molecule has 19 heavy (non-hydrogen) atoms. The Bertz CT molecular complexity index is 209. The molecule has 0 heterocycles. The quantitative estimate of drug-likeness (QED) is 0.553. The molecule has 0 saturated heterocycles. The van der Waals surface area contributed by atoms with Crippen molar-refractivity contribution < 1.29 is 4.74 Å². The molecule has 1 atom stereocenters. The van der Waals surface area contributed by atoms with Gasteiger partial charge in [-0.2, -0.15) is 0 Å². The lowest BCUT2D eigenvalue weighted by atomic mass is 9.86. The summed E-state index contributed by atoms with van der Waals surface area (Å²) in [6.07, 6.45) is 1.21. The van der Waals surface area contributed by atoms with Crippen molar-refractivity contribution >= 4 is 0 Å². The van der Waals surface area contributed by atoms with E-state index in [0.29, 0.717) is 5.41 Å². The summed E-state index contributed by atoms with van der Waals surface area (Å²) < 4.78 is 5.47. The van der Waals surface area contributed by atoms with Crippen LogP contribution >= 0.6 is 0 Å². The topological polar surface area (TPSA) is 24.5 Å². The molecule has 0 aromatic rings. The molecule has 0 amide bonds. The molecule has 0 rings (SSSR count). The summed E-state index contributed by atoms with van der Waals surface area (Å²) >= 11 is 0. The summed E-state index contributed by atoms with van der Waals surface area (Å²) in [5.74, 6) is 0.723. The summed E-state index contributed by atoms with van der Waals surface area (Å²) in [5, 5.41) is 3.62. The van der Waals surface area contributed by atoms with E-state index < -0.39 is 0 Å². The summed E-state index contributed by atoms with van der Waals surface area (Å²) in [6.45, 7) is 20.7. The number of ether oxygens (including phenoxy) is 1. The summed E-state index contributed by atoms with van der Waals surface area (Å²) in [6, 6.07) is 0. The second kappa shape index (κ2) is 10.6. The minimum Gasteiger partial charge on any atom is -0.380 e. The Morgan fingerprint density at radius 3 is 2.37 bits per heavy atom. The number of rotatable bonds is 12. The SMILES string of the molecule is CCOCCN(CC)CC(C)(CC)CNCC(C)C. The van der Waals surface area contributed by atoms with E-state index in [1.807, 2.05) is 0 Å². The zero-order chi connectivity index (χ0) is 14.7. The van der Waals surface area contributed by atoms with Gasteiger partial charge in [0.1, 0.15) is 0 Å². The number of nitrogens with one attached hydrogen (secondary N) is 1. The Balaban J connectivity index is 4.15. The summed E-state index contributed by atoms with van der Waals surface area (Å²) in [5.41, 5.74) is 0.358. The van der Waals surface area contributed by atoms with Gasteiger partial charge in [0, 0.05) is 26.2 Å². The van der Waals surface area contributed by atoms with E-state index in [2.05, 4.69) is 51.8 Å². The molecule has 0 bridgehead atoms. The van der Waals surface area contributed by atoms with Crippen LogP contribution < -0.4 is 5.32 Å². The molecule has 0 aliphatic rings. The summed E-state index contributed by atoms with van der Waals surface area (Å²) in [7, 11) is 0. The first-order chi connectivity index (χ1) is 8.97. The smallest absolute Gasteiger partial charge is 0.0593 e. The van der Waals surface area contributed by atoms with Crippen molar-refractivity contribution in [2.45, 2.75) is 48.0 Å². The number of hydrogen-bond donors (Lipinski definition) is 1. The van der Waals surface area contributed by atoms with Crippen molar-refractivity contribution in [3.05, 3.63) is 0 Å². The molecule has 0 saturated carbocycles. The van der Waals surface area contributed by atoms with Crippen LogP contribution in [0, 0.1) is 11.3 Å². The highest BCUT2D eigenvalue weighted by Gasteiger charge is 2.24. The number of likely N-dealkylation sites (N-methyl/N-ethyl adjacent to an activating group) is 1. The number of nitrogens with zero attached hydrogens (tertiary/aromatic N) is 1. The van der Waals surface area contributed by atoms with Crippen molar-refractivity contribution in [1.29, 1.82) is 0 Å². The van der Waals surface area contributed by atoms with Gasteiger partial charge < -0.3 is 15.0 Å². The van der Waals surface area contributed by atoms with Crippen LogP contribution in [-0.2, 0) is 4.74 Å². The van der Waals surface area contributed by atoms with E-state index in [9.17, 15) is 0 Å². The fourth-order valence-electron chi connectivity index (χ4n) is 2.18. The van der Waals surface area contributed by atoms with Crippen LogP contribution in [-0.4, -0.2) is 50.8 Å². The van der Waals surface area contributed by atoms with Crippen LogP contribution in [0.5, 0.6) is 0 Å². The van der Waals surface area contributed by atoms with E-state index in [1.165, 1.54) is 6.42 Å². The lowest BCUT2D eigenvalue weighted by molar-refractivity contribution is 0.0913. The van der Waals surface area contributed by atoms with Gasteiger partial charge in [-0.3, -0.25) is 0 Å². The molecular weight excluding hydrogens is 236 g/mol. The van der Waals surface area contributed by atoms with Gasteiger partial charge in [-0.15, -0.1) is 0 Å². The van der Waals surface area contributed by atoms with Gasteiger partial charge in [-0.25, -0.2) is 0 Å². The predicted molar refractivity (Wildman–Crippen MR) is 84.7 cm³/mol. The average Bonchev–Trinajstić information content (AvgIpc) is 2.37. The first kappa shape index (κ1) is 18.9. The highest BCUT2D eigenvalue weighted by atomic mass is 16.5. The van der Waals surface area contributed by atoms with E-state index in [4.69, 9.17) is 4.74 Å². The van der Waals surface area contributed by atoms with Crippen LogP contribution in [0.25, 0.3) is 0 Å². The first-order valence-corrected chi connectivity index (χ1v) is 7.98. The lowest BCUT2D eigenvalue weighted by Crippen LogP contribution is -2.43. The van der Waals surface area contributed by atoms with Gasteiger partial charge in [0.15, 0.2) is 0 Å². The van der Waals surface area contributed by atoms with Gasteiger partial charge in [-0.1, -0.05) is 34.6 Å². The molecule has 116 valence electrons. The Morgan fingerprint density at radius 1 is 1.21 bits per heavy atom. The fourth-order valence-corrected chi connectivity index (χ4v) is 2.18. The standard InChI is InChI=1S/C16H36N2O/c1-7-16(6,13-17-12-15(4)5)14-18(8-2)10-11-19-9-3/h15,17H,7-14H2,1-6H3. The van der Waals surface area contributed by atoms with Crippen molar-refractivity contribution in [3.63, 3.8) is 0 Å². The van der Waals surface area contributed by atoms with E-state index >= 15 is 0 Å². The third kappa shape index (κ3) is 9.42. The van der Waals surface area contributed by atoms with Crippen LogP contribution in [0.15, 0.2) is 0 Å². The molecule has 1 N–H and O–H groups in total. The van der Waals surface area contributed by atoms with E-state index in [1.54, 1.807) is 0 Å². The zero-order valence-corrected chi connectivity index (χ0v) is 14.1. The Hall–Kier alpha value is -0.120. The van der Waals surface area contributed by atoms with Gasteiger partial charge >= 0.3 is 0 Å². The Labute approximate surface area is 121 Å². The lowest BCUT2D eigenvalue weighted by Gasteiger charge is -2.35.